The highest BCUT2D eigenvalue weighted by molar-refractivity contribution is 7.90. The average molecular weight is 281 g/mol. The Kier molecular flexibility index (Phi) is 3.32. The molecule has 0 saturated heterocycles. The first-order valence-corrected chi connectivity index (χ1v) is 7.26. The molecule has 0 bridgehead atoms. The standard InChI is InChI=1S/C12H15N3O3S/c1-12(2)8-9-13-15(12)11(16)14-19(17,18)10-6-4-3-5-7-10/h3-7,9H,8H2,1-2H3,(H,14,16). The van der Waals surface area contributed by atoms with Crippen LogP contribution in [-0.2, 0) is 10.0 Å². The number of amides is 2. The van der Waals surface area contributed by atoms with E-state index >= 15 is 0 Å². The Bertz CT molecular complexity index is 608. The van der Waals surface area contributed by atoms with E-state index in [2.05, 4.69) is 5.10 Å². The summed E-state index contributed by atoms with van der Waals surface area (Å²) in [6, 6.07) is 6.99. The van der Waals surface area contributed by atoms with E-state index < -0.39 is 21.6 Å². The van der Waals surface area contributed by atoms with Crippen LogP contribution < -0.4 is 4.72 Å². The largest absolute Gasteiger partial charge is 0.352 e. The second-order valence-corrected chi connectivity index (χ2v) is 6.53. The van der Waals surface area contributed by atoms with E-state index in [0.717, 1.165) is 5.01 Å². The van der Waals surface area contributed by atoms with Gasteiger partial charge in [0.1, 0.15) is 0 Å². The first-order valence-electron chi connectivity index (χ1n) is 5.77. The first-order chi connectivity index (χ1) is 8.83. The van der Waals surface area contributed by atoms with Gasteiger partial charge in [-0.2, -0.15) is 5.10 Å². The number of hydrogen-bond acceptors (Lipinski definition) is 4. The molecule has 1 heterocycles. The molecule has 2 rings (SSSR count). The molecule has 1 aliphatic rings. The van der Waals surface area contributed by atoms with Crippen molar-refractivity contribution in [2.45, 2.75) is 30.7 Å². The maximum absolute atomic E-state index is 12.0. The Labute approximate surface area is 112 Å². The van der Waals surface area contributed by atoms with Gasteiger partial charge in [0.25, 0.3) is 10.0 Å². The Hall–Kier alpha value is -1.89. The van der Waals surface area contributed by atoms with E-state index in [0.29, 0.717) is 6.42 Å². The Balaban J connectivity index is 2.18. The number of hydrogen-bond donors (Lipinski definition) is 1. The van der Waals surface area contributed by atoms with Gasteiger partial charge in [0, 0.05) is 12.6 Å². The lowest BCUT2D eigenvalue weighted by molar-refractivity contribution is 0.159. The molecule has 0 fully saturated rings. The molecule has 0 saturated carbocycles. The lowest BCUT2D eigenvalue weighted by atomic mass is 10.0. The van der Waals surface area contributed by atoms with Crippen molar-refractivity contribution in [1.29, 1.82) is 0 Å². The quantitative estimate of drug-likeness (QED) is 0.893. The molecule has 0 aromatic heterocycles. The van der Waals surface area contributed by atoms with Gasteiger partial charge in [0.15, 0.2) is 0 Å². The molecule has 6 nitrogen and oxygen atoms in total. The normalized spacial score (nSPS) is 17.5. The van der Waals surface area contributed by atoms with E-state index in [-0.39, 0.29) is 4.90 Å². The maximum Gasteiger partial charge on any atom is 0.352 e. The van der Waals surface area contributed by atoms with Gasteiger partial charge in [-0.1, -0.05) is 18.2 Å². The van der Waals surface area contributed by atoms with Crippen LogP contribution in [0.25, 0.3) is 0 Å². The molecule has 1 N–H and O–H groups in total. The fourth-order valence-corrected chi connectivity index (χ4v) is 2.68. The van der Waals surface area contributed by atoms with Crippen LogP contribution in [0.3, 0.4) is 0 Å². The van der Waals surface area contributed by atoms with Crippen LogP contribution in [-0.4, -0.2) is 31.2 Å². The smallest absolute Gasteiger partial charge is 0.245 e. The zero-order valence-corrected chi connectivity index (χ0v) is 11.5. The third-order valence-electron chi connectivity index (χ3n) is 2.83. The minimum absolute atomic E-state index is 0.0457. The number of urea groups is 1. The van der Waals surface area contributed by atoms with Crippen LogP contribution in [0, 0.1) is 0 Å². The molecular formula is C12H15N3O3S. The van der Waals surface area contributed by atoms with Gasteiger partial charge in [0.05, 0.1) is 10.4 Å². The summed E-state index contributed by atoms with van der Waals surface area (Å²) in [6.45, 7) is 3.63. The van der Waals surface area contributed by atoms with E-state index in [9.17, 15) is 13.2 Å². The molecule has 0 atom stereocenters. The van der Waals surface area contributed by atoms with E-state index in [1.165, 1.54) is 12.1 Å². The summed E-state index contributed by atoms with van der Waals surface area (Å²) in [4.78, 5) is 12.0. The molecule has 19 heavy (non-hydrogen) atoms. The topological polar surface area (TPSA) is 78.8 Å². The summed E-state index contributed by atoms with van der Waals surface area (Å²) in [5.41, 5.74) is -0.518. The number of sulfonamides is 1. The van der Waals surface area contributed by atoms with Crippen LogP contribution in [0.2, 0.25) is 0 Å². The minimum atomic E-state index is -3.86. The molecule has 102 valence electrons. The molecule has 1 aliphatic heterocycles. The highest BCUT2D eigenvalue weighted by atomic mass is 32.2. The van der Waals surface area contributed by atoms with E-state index in [1.54, 1.807) is 24.4 Å². The second kappa shape index (κ2) is 4.65. The average Bonchev–Trinajstić information content (AvgIpc) is 2.69. The van der Waals surface area contributed by atoms with Crippen LogP contribution >= 0.6 is 0 Å². The third kappa shape index (κ3) is 2.76. The monoisotopic (exact) mass is 281 g/mol. The van der Waals surface area contributed by atoms with Crippen molar-refractivity contribution in [2.24, 2.45) is 5.10 Å². The number of benzene rings is 1. The number of rotatable bonds is 2. The summed E-state index contributed by atoms with van der Waals surface area (Å²) in [6.07, 6.45) is 2.18. The van der Waals surface area contributed by atoms with Gasteiger partial charge in [-0.15, -0.1) is 0 Å². The molecule has 0 radical (unpaired) electrons. The summed E-state index contributed by atoms with van der Waals surface area (Å²) in [5.74, 6) is 0. The van der Waals surface area contributed by atoms with Crippen LogP contribution in [0.1, 0.15) is 20.3 Å². The molecule has 7 heteroatoms. The van der Waals surface area contributed by atoms with Gasteiger partial charge in [-0.05, 0) is 26.0 Å². The van der Waals surface area contributed by atoms with Crippen molar-refractivity contribution in [3.05, 3.63) is 30.3 Å². The van der Waals surface area contributed by atoms with E-state index in [1.807, 2.05) is 18.6 Å². The minimum Gasteiger partial charge on any atom is -0.245 e. The predicted molar refractivity (Wildman–Crippen MR) is 71.2 cm³/mol. The zero-order chi connectivity index (χ0) is 14.1. The van der Waals surface area contributed by atoms with Gasteiger partial charge in [-0.25, -0.2) is 22.9 Å². The zero-order valence-electron chi connectivity index (χ0n) is 10.7. The second-order valence-electron chi connectivity index (χ2n) is 4.85. The van der Waals surface area contributed by atoms with Crippen molar-refractivity contribution in [2.75, 3.05) is 0 Å². The maximum atomic E-state index is 12.0. The van der Waals surface area contributed by atoms with Gasteiger partial charge >= 0.3 is 6.03 Å². The van der Waals surface area contributed by atoms with E-state index in [4.69, 9.17) is 0 Å². The number of nitrogens with one attached hydrogen (secondary N) is 1. The highest BCUT2D eigenvalue weighted by Crippen LogP contribution is 2.23. The van der Waals surface area contributed by atoms with Crippen molar-refractivity contribution < 1.29 is 13.2 Å². The van der Waals surface area contributed by atoms with Crippen LogP contribution in [0.15, 0.2) is 40.3 Å². The Morgan fingerprint density at radius 3 is 2.47 bits per heavy atom. The fourth-order valence-electron chi connectivity index (χ4n) is 1.73. The Morgan fingerprint density at radius 2 is 1.95 bits per heavy atom. The molecular weight excluding hydrogens is 266 g/mol. The fraction of sp³-hybridized carbons (Fsp3) is 0.333. The van der Waals surface area contributed by atoms with Gasteiger partial charge in [0.2, 0.25) is 0 Å². The number of nitrogens with zero attached hydrogens (tertiary/aromatic N) is 2. The predicted octanol–water partition coefficient (Wildman–Crippen LogP) is 1.56. The number of hydrazone groups is 1. The summed E-state index contributed by atoms with van der Waals surface area (Å²) in [5, 5.41) is 5.04. The number of carbonyl (C=O) groups is 1. The van der Waals surface area contributed by atoms with Gasteiger partial charge in [-0.3, -0.25) is 0 Å². The van der Waals surface area contributed by atoms with Crippen LogP contribution in [0.5, 0.6) is 0 Å². The lowest BCUT2D eigenvalue weighted by Gasteiger charge is -2.28. The molecule has 0 spiro atoms. The molecule has 1 aromatic rings. The SMILES string of the molecule is CC1(C)CC=NN1C(=O)NS(=O)(=O)c1ccccc1. The van der Waals surface area contributed by atoms with Gasteiger partial charge < -0.3 is 0 Å². The third-order valence-corrected chi connectivity index (χ3v) is 4.16. The van der Waals surface area contributed by atoms with Crippen LogP contribution in [0.4, 0.5) is 4.79 Å². The van der Waals surface area contributed by atoms with Crippen molar-refractivity contribution in [1.82, 2.24) is 9.73 Å². The molecule has 0 aliphatic carbocycles. The lowest BCUT2D eigenvalue weighted by Crippen LogP contribution is -2.47. The van der Waals surface area contributed by atoms with Crippen molar-refractivity contribution >= 4 is 22.3 Å². The van der Waals surface area contributed by atoms with Crippen molar-refractivity contribution in [3.8, 4) is 0 Å². The molecule has 0 unspecified atom stereocenters. The molecule has 1 aromatic carbocycles. The number of carbonyl (C=O) groups excluding carboxylic acids is 1. The molecule has 2 amide bonds. The summed E-state index contributed by atoms with van der Waals surface area (Å²) < 4.78 is 26.0. The Morgan fingerprint density at radius 1 is 1.32 bits per heavy atom. The summed E-state index contributed by atoms with van der Waals surface area (Å²) >= 11 is 0. The highest BCUT2D eigenvalue weighted by Gasteiger charge is 2.35. The van der Waals surface area contributed by atoms with Crippen molar-refractivity contribution in [3.63, 3.8) is 0 Å². The first kappa shape index (κ1) is 13.5. The summed E-state index contributed by atoms with van der Waals surface area (Å²) in [7, 11) is -3.86.